The Bertz CT molecular complexity index is 1390. The normalized spacial score (nSPS) is 11.3. The van der Waals surface area contributed by atoms with E-state index in [0.29, 0.717) is 0 Å². The molecule has 0 N–H and O–H groups in total. The van der Waals surface area contributed by atoms with Gasteiger partial charge in [0.2, 0.25) is 0 Å². The highest BCUT2D eigenvalue weighted by Gasteiger charge is 2.16. The molecular weight excluding hydrogens is 360 g/mol. The van der Waals surface area contributed by atoms with E-state index in [1.807, 2.05) is 0 Å². The molecule has 0 saturated carbocycles. The molecule has 140 valence electrons. The highest BCUT2D eigenvalue weighted by Crippen LogP contribution is 2.44. The molecule has 0 spiro atoms. The van der Waals surface area contributed by atoms with Crippen LogP contribution < -0.4 is 0 Å². The van der Waals surface area contributed by atoms with Gasteiger partial charge in [0.25, 0.3) is 0 Å². The van der Waals surface area contributed by atoms with E-state index in [1.165, 1.54) is 54.6 Å². The second-order valence-corrected chi connectivity index (χ2v) is 7.73. The van der Waals surface area contributed by atoms with Crippen molar-refractivity contribution < 1.29 is 0 Å². The maximum Gasteiger partial charge on any atom is -0.00141 e. The molecule has 0 amide bonds. The first kappa shape index (κ1) is 17.0. The van der Waals surface area contributed by atoms with E-state index in [1.54, 1.807) is 0 Å². The SMILES string of the molecule is c1ccc(-c2ccc(-c3ccccc3)c3c4ccccc4c4ccccc4c23)cc1. The van der Waals surface area contributed by atoms with Gasteiger partial charge in [-0.2, -0.15) is 0 Å². The first-order valence-corrected chi connectivity index (χ1v) is 10.4. The lowest BCUT2D eigenvalue weighted by Gasteiger charge is -2.18. The molecule has 0 unspecified atom stereocenters. The van der Waals surface area contributed by atoms with Crippen molar-refractivity contribution in [2.24, 2.45) is 0 Å². The Hall–Kier alpha value is -3.90. The molecule has 0 fully saturated rings. The molecule has 6 aromatic rings. The van der Waals surface area contributed by atoms with Crippen molar-refractivity contribution in [2.75, 3.05) is 0 Å². The van der Waals surface area contributed by atoms with Crippen LogP contribution in [0.3, 0.4) is 0 Å². The zero-order chi connectivity index (χ0) is 19.9. The van der Waals surface area contributed by atoms with E-state index in [4.69, 9.17) is 0 Å². The molecule has 0 heteroatoms. The van der Waals surface area contributed by atoms with E-state index < -0.39 is 0 Å². The minimum absolute atomic E-state index is 1.25. The van der Waals surface area contributed by atoms with Crippen LogP contribution in [0.2, 0.25) is 0 Å². The monoisotopic (exact) mass is 380 g/mol. The van der Waals surface area contributed by atoms with Crippen LogP contribution in [0.15, 0.2) is 121 Å². The summed E-state index contributed by atoms with van der Waals surface area (Å²) in [5.41, 5.74) is 5.07. The maximum absolute atomic E-state index is 2.29. The van der Waals surface area contributed by atoms with Crippen LogP contribution >= 0.6 is 0 Å². The minimum Gasteiger partial charge on any atom is -0.0622 e. The lowest BCUT2D eigenvalue weighted by molar-refractivity contribution is 1.64. The summed E-state index contributed by atoms with van der Waals surface area (Å²) in [6, 6.07) is 43.7. The molecule has 0 radical (unpaired) electrons. The number of hydrogen-bond donors (Lipinski definition) is 0. The number of hydrogen-bond acceptors (Lipinski definition) is 0. The standard InChI is InChI=1S/C30H20/c1-3-11-21(12-4-1)23-19-20-24(22-13-5-2-6-14-22)30-28-18-10-8-16-26(28)25-15-7-9-17-27(25)29(23)30/h1-20H. The predicted molar refractivity (Wildman–Crippen MR) is 130 cm³/mol. The van der Waals surface area contributed by atoms with E-state index in [0.717, 1.165) is 0 Å². The molecule has 0 aliphatic heterocycles. The van der Waals surface area contributed by atoms with Gasteiger partial charge in [-0.1, -0.05) is 121 Å². The van der Waals surface area contributed by atoms with Crippen molar-refractivity contribution in [2.45, 2.75) is 0 Å². The molecule has 0 bridgehead atoms. The largest absolute Gasteiger partial charge is 0.0622 e. The fraction of sp³-hybridized carbons (Fsp3) is 0. The summed E-state index contributed by atoms with van der Waals surface area (Å²) in [4.78, 5) is 0. The molecule has 0 saturated heterocycles. The third-order valence-electron chi connectivity index (χ3n) is 6.06. The fourth-order valence-corrected chi connectivity index (χ4v) is 4.75. The molecule has 0 aliphatic carbocycles. The summed E-state index contributed by atoms with van der Waals surface area (Å²) in [5.74, 6) is 0. The van der Waals surface area contributed by atoms with Gasteiger partial charge in [-0.15, -0.1) is 0 Å². The van der Waals surface area contributed by atoms with Crippen LogP contribution in [0.4, 0.5) is 0 Å². The van der Waals surface area contributed by atoms with Crippen LogP contribution in [0.5, 0.6) is 0 Å². The van der Waals surface area contributed by atoms with Crippen molar-refractivity contribution in [3.63, 3.8) is 0 Å². The Morgan fingerprint density at radius 2 is 0.600 bits per heavy atom. The van der Waals surface area contributed by atoms with Gasteiger partial charge < -0.3 is 0 Å². The highest BCUT2D eigenvalue weighted by molar-refractivity contribution is 6.31. The van der Waals surface area contributed by atoms with Crippen LogP contribution in [-0.2, 0) is 0 Å². The van der Waals surface area contributed by atoms with Crippen molar-refractivity contribution in [1.29, 1.82) is 0 Å². The van der Waals surface area contributed by atoms with Crippen LogP contribution in [0.25, 0.3) is 54.6 Å². The maximum atomic E-state index is 2.29. The first-order valence-electron chi connectivity index (χ1n) is 10.4. The molecule has 6 aromatic carbocycles. The van der Waals surface area contributed by atoms with Crippen molar-refractivity contribution in [3.8, 4) is 22.3 Å². The summed E-state index contributed by atoms with van der Waals surface area (Å²) in [5, 5.41) is 7.89. The van der Waals surface area contributed by atoms with Gasteiger partial charge in [0, 0.05) is 0 Å². The Morgan fingerprint density at radius 3 is 1.00 bits per heavy atom. The van der Waals surface area contributed by atoms with Gasteiger partial charge in [-0.05, 0) is 54.6 Å². The average Bonchev–Trinajstić information content (AvgIpc) is 2.84. The number of rotatable bonds is 2. The second kappa shape index (κ2) is 6.86. The van der Waals surface area contributed by atoms with Crippen molar-refractivity contribution >= 4 is 32.3 Å². The topological polar surface area (TPSA) is 0 Å². The molecular formula is C30H20. The Kier molecular flexibility index (Phi) is 3.89. The summed E-state index contributed by atoms with van der Waals surface area (Å²) in [7, 11) is 0. The molecule has 6 rings (SSSR count). The van der Waals surface area contributed by atoms with Gasteiger partial charge in [0.1, 0.15) is 0 Å². The first-order chi connectivity index (χ1) is 14.9. The van der Waals surface area contributed by atoms with Crippen molar-refractivity contribution in [3.05, 3.63) is 121 Å². The highest BCUT2D eigenvalue weighted by atomic mass is 14.2. The molecule has 0 aromatic heterocycles. The quantitative estimate of drug-likeness (QED) is 0.264. The summed E-state index contributed by atoms with van der Waals surface area (Å²) in [6.45, 7) is 0. The van der Waals surface area contributed by atoms with Crippen molar-refractivity contribution in [1.82, 2.24) is 0 Å². The van der Waals surface area contributed by atoms with Crippen LogP contribution in [0, 0.1) is 0 Å². The Labute approximate surface area is 176 Å². The van der Waals surface area contributed by atoms with Gasteiger partial charge in [0.05, 0.1) is 0 Å². The summed E-state index contributed by atoms with van der Waals surface area (Å²) < 4.78 is 0. The zero-order valence-electron chi connectivity index (χ0n) is 16.5. The molecule has 30 heavy (non-hydrogen) atoms. The molecule has 0 nitrogen and oxygen atoms in total. The van der Waals surface area contributed by atoms with Gasteiger partial charge in [0.15, 0.2) is 0 Å². The Balaban J connectivity index is 1.91. The zero-order valence-corrected chi connectivity index (χ0v) is 16.5. The molecule has 0 atom stereocenters. The smallest absolute Gasteiger partial charge is 0.00141 e. The van der Waals surface area contributed by atoms with E-state index in [-0.39, 0.29) is 0 Å². The lowest BCUT2D eigenvalue weighted by atomic mass is 9.85. The lowest BCUT2D eigenvalue weighted by Crippen LogP contribution is -1.90. The third kappa shape index (κ3) is 2.54. The van der Waals surface area contributed by atoms with E-state index in [2.05, 4.69) is 121 Å². The van der Waals surface area contributed by atoms with Gasteiger partial charge in [-0.3, -0.25) is 0 Å². The Morgan fingerprint density at radius 1 is 0.267 bits per heavy atom. The molecule has 0 aliphatic rings. The fourth-order valence-electron chi connectivity index (χ4n) is 4.75. The number of benzene rings is 6. The second-order valence-electron chi connectivity index (χ2n) is 7.73. The van der Waals surface area contributed by atoms with E-state index >= 15 is 0 Å². The molecule has 0 heterocycles. The van der Waals surface area contributed by atoms with Gasteiger partial charge in [-0.25, -0.2) is 0 Å². The predicted octanol–water partition coefficient (Wildman–Crippen LogP) is 8.48. The van der Waals surface area contributed by atoms with Crippen LogP contribution in [-0.4, -0.2) is 0 Å². The summed E-state index contributed by atoms with van der Waals surface area (Å²) >= 11 is 0. The minimum atomic E-state index is 1.25. The van der Waals surface area contributed by atoms with Crippen LogP contribution in [0.1, 0.15) is 0 Å². The van der Waals surface area contributed by atoms with E-state index in [9.17, 15) is 0 Å². The summed E-state index contributed by atoms with van der Waals surface area (Å²) in [6.07, 6.45) is 0. The van der Waals surface area contributed by atoms with Gasteiger partial charge >= 0.3 is 0 Å². The average molecular weight is 380 g/mol. The number of fused-ring (bicyclic) bond motifs is 6. The third-order valence-corrected chi connectivity index (χ3v) is 6.06.